The van der Waals surface area contributed by atoms with Gasteiger partial charge in [-0.25, -0.2) is 0 Å². The van der Waals surface area contributed by atoms with Gasteiger partial charge in [0.1, 0.15) is 5.58 Å². The number of para-hydroxylation sites is 5. The maximum absolute atomic E-state index is 6.56. The Bertz CT molecular complexity index is 3540. The lowest BCUT2D eigenvalue weighted by Gasteiger charge is -2.15. The number of nitrogens with zero attached hydrogens (tertiary/aromatic N) is 2. The third kappa shape index (κ3) is 5.02. The maximum Gasteiger partial charge on any atom is 0.159 e. The van der Waals surface area contributed by atoms with Gasteiger partial charge in [-0.15, -0.1) is 0 Å². The second kappa shape index (κ2) is 12.9. The summed E-state index contributed by atoms with van der Waals surface area (Å²) in [4.78, 5) is 0. The van der Waals surface area contributed by atoms with Crippen molar-refractivity contribution in [2.45, 2.75) is 0 Å². The van der Waals surface area contributed by atoms with Crippen LogP contribution in [0.25, 0.3) is 99.2 Å². The molecule has 272 valence electrons. The van der Waals surface area contributed by atoms with E-state index < -0.39 is 0 Å². The molecule has 0 aliphatic rings. The first-order chi connectivity index (χ1) is 28.8. The number of anilines is 2. The molecule has 58 heavy (non-hydrogen) atoms. The number of nitrogens with one attached hydrogen (secondary N) is 1. The molecule has 0 aliphatic heterocycles. The summed E-state index contributed by atoms with van der Waals surface area (Å²) in [5, 5.41) is 10.8. The molecule has 1 N–H and O–H groups in total. The predicted octanol–water partition coefficient (Wildman–Crippen LogP) is 14.9. The summed E-state index contributed by atoms with van der Waals surface area (Å²) in [7, 11) is 0. The van der Waals surface area contributed by atoms with Gasteiger partial charge in [0.15, 0.2) is 5.58 Å². The van der Waals surface area contributed by atoms with Crippen LogP contribution in [0, 0.1) is 0 Å². The number of hydrogen-bond donors (Lipinski definition) is 1. The van der Waals surface area contributed by atoms with Crippen molar-refractivity contribution < 1.29 is 4.42 Å². The highest BCUT2D eigenvalue weighted by Crippen LogP contribution is 2.41. The van der Waals surface area contributed by atoms with Crippen LogP contribution in [-0.2, 0) is 0 Å². The van der Waals surface area contributed by atoms with E-state index in [-0.39, 0.29) is 0 Å². The molecule has 12 aromatic rings. The predicted molar refractivity (Wildman–Crippen MR) is 243 cm³/mol. The van der Waals surface area contributed by atoms with E-state index in [0.717, 1.165) is 61.3 Å². The Morgan fingerprint density at radius 1 is 0.362 bits per heavy atom. The first-order valence-electron chi connectivity index (χ1n) is 19.8. The normalized spacial score (nSPS) is 11.8. The van der Waals surface area contributed by atoms with Crippen LogP contribution in [0.4, 0.5) is 11.4 Å². The maximum atomic E-state index is 6.56. The lowest BCUT2D eigenvalue weighted by atomic mass is 9.96. The summed E-state index contributed by atoms with van der Waals surface area (Å²) < 4.78 is 11.3. The summed E-state index contributed by atoms with van der Waals surface area (Å²) >= 11 is 0. The van der Waals surface area contributed by atoms with Gasteiger partial charge in [0.2, 0.25) is 0 Å². The zero-order chi connectivity index (χ0) is 38.2. The number of rotatable bonds is 6. The third-order valence-electron chi connectivity index (χ3n) is 11.7. The molecule has 0 saturated heterocycles. The fraction of sp³-hybridized carbons (Fsp3) is 0. The van der Waals surface area contributed by atoms with Crippen LogP contribution >= 0.6 is 0 Å². The van der Waals surface area contributed by atoms with Gasteiger partial charge in [-0.3, -0.25) is 0 Å². The molecule has 0 bridgehead atoms. The Morgan fingerprint density at radius 3 is 1.76 bits per heavy atom. The van der Waals surface area contributed by atoms with Crippen molar-refractivity contribution in [1.29, 1.82) is 0 Å². The monoisotopic (exact) mass is 741 g/mol. The smallest absolute Gasteiger partial charge is 0.159 e. The van der Waals surface area contributed by atoms with E-state index in [9.17, 15) is 0 Å². The molecule has 0 amide bonds. The highest BCUT2D eigenvalue weighted by Gasteiger charge is 2.20. The number of benzene rings is 9. The molecule has 0 unspecified atom stereocenters. The van der Waals surface area contributed by atoms with Gasteiger partial charge >= 0.3 is 0 Å². The van der Waals surface area contributed by atoms with Crippen molar-refractivity contribution in [3.05, 3.63) is 206 Å². The van der Waals surface area contributed by atoms with Crippen molar-refractivity contribution >= 4 is 76.9 Å². The van der Waals surface area contributed by atoms with Gasteiger partial charge in [-0.05, 0) is 95.6 Å². The second-order valence-electron chi connectivity index (χ2n) is 15.0. The fourth-order valence-electron chi connectivity index (χ4n) is 9.06. The summed E-state index contributed by atoms with van der Waals surface area (Å²) in [5.74, 6) is 0. The number of furan rings is 1. The highest BCUT2D eigenvalue weighted by molar-refractivity contribution is 6.14. The zero-order valence-electron chi connectivity index (χ0n) is 31.4. The number of fused-ring (bicyclic) bond motifs is 9. The van der Waals surface area contributed by atoms with Gasteiger partial charge < -0.3 is 18.9 Å². The van der Waals surface area contributed by atoms with E-state index in [2.05, 4.69) is 203 Å². The van der Waals surface area contributed by atoms with E-state index in [1.807, 2.05) is 18.2 Å². The minimum Gasteiger partial charge on any atom is -0.454 e. The average Bonchev–Trinajstić information content (AvgIpc) is 3.95. The molecule has 4 heteroatoms. The van der Waals surface area contributed by atoms with Crippen LogP contribution in [0.15, 0.2) is 211 Å². The summed E-state index contributed by atoms with van der Waals surface area (Å²) in [6.07, 6.45) is 0. The second-order valence-corrected chi connectivity index (χ2v) is 15.0. The lowest BCUT2D eigenvalue weighted by molar-refractivity contribution is 0.666. The van der Waals surface area contributed by atoms with Crippen LogP contribution in [0.5, 0.6) is 0 Å². The van der Waals surface area contributed by atoms with Crippen LogP contribution in [0.3, 0.4) is 0 Å². The molecule has 12 rings (SSSR count). The van der Waals surface area contributed by atoms with Crippen molar-refractivity contribution in [3.8, 4) is 33.6 Å². The third-order valence-corrected chi connectivity index (χ3v) is 11.7. The molecular formula is C54H35N3O. The van der Waals surface area contributed by atoms with Gasteiger partial charge in [-0.2, -0.15) is 0 Å². The molecule has 3 heterocycles. The van der Waals surface area contributed by atoms with Crippen molar-refractivity contribution in [3.63, 3.8) is 0 Å². The van der Waals surface area contributed by atoms with E-state index in [1.165, 1.54) is 49.3 Å². The average molecular weight is 742 g/mol. The molecule has 0 radical (unpaired) electrons. The first kappa shape index (κ1) is 32.4. The van der Waals surface area contributed by atoms with Gasteiger partial charge in [0.25, 0.3) is 0 Å². The Morgan fingerprint density at radius 2 is 0.948 bits per heavy atom. The van der Waals surface area contributed by atoms with Crippen LogP contribution in [-0.4, -0.2) is 9.13 Å². The highest BCUT2D eigenvalue weighted by atomic mass is 16.3. The molecular weight excluding hydrogens is 707 g/mol. The number of hydrogen-bond acceptors (Lipinski definition) is 2. The molecule has 4 nitrogen and oxygen atoms in total. The molecule has 0 fully saturated rings. The summed E-state index contributed by atoms with van der Waals surface area (Å²) in [5.41, 5.74) is 15.4. The van der Waals surface area contributed by atoms with E-state index >= 15 is 0 Å². The van der Waals surface area contributed by atoms with Gasteiger partial charge in [-0.1, -0.05) is 127 Å². The Labute approximate surface area is 334 Å². The van der Waals surface area contributed by atoms with Crippen molar-refractivity contribution in [2.24, 2.45) is 0 Å². The molecule has 0 spiro atoms. The van der Waals surface area contributed by atoms with Crippen LogP contribution in [0.1, 0.15) is 0 Å². The summed E-state index contributed by atoms with van der Waals surface area (Å²) in [6, 6.07) is 73.8. The largest absolute Gasteiger partial charge is 0.454 e. The minimum atomic E-state index is 0.895. The summed E-state index contributed by atoms with van der Waals surface area (Å²) in [6.45, 7) is 0. The zero-order valence-corrected chi connectivity index (χ0v) is 31.4. The van der Waals surface area contributed by atoms with E-state index in [1.54, 1.807) is 0 Å². The Balaban J connectivity index is 1.02. The first-order valence-corrected chi connectivity index (χ1v) is 19.8. The topological polar surface area (TPSA) is 35.0 Å². The van der Waals surface area contributed by atoms with Gasteiger partial charge in [0, 0.05) is 54.9 Å². The van der Waals surface area contributed by atoms with Crippen molar-refractivity contribution in [2.75, 3.05) is 5.32 Å². The standard InChI is InChI=1S/C54H35N3O/c1-3-14-35(15-4-1)44-32-36(26-29-47(44)55-38-16-5-2-6-17-38)37-27-30-50-45(33-37)40-18-7-10-22-48(40)56(50)39-28-31-51-46(34-39)41-19-8-11-23-49(41)57(51)52-24-13-21-43-42-20-9-12-25-53(42)58-54(43)52/h1-34,55H. The Kier molecular flexibility index (Phi) is 7.20. The number of aromatic nitrogens is 2. The fourth-order valence-corrected chi connectivity index (χ4v) is 9.06. The van der Waals surface area contributed by atoms with E-state index in [4.69, 9.17) is 4.42 Å². The van der Waals surface area contributed by atoms with Crippen LogP contribution < -0.4 is 5.32 Å². The molecule has 0 atom stereocenters. The lowest BCUT2D eigenvalue weighted by Crippen LogP contribution is -1.96. The SMILES string of the molecule is c1ccc(Nc2ccc(-c3ccc4c(c3)c3ccccc3n4-c3ccc4c(c3)c3ccccc3n4-c3cccc4c3oc3ccccc34)cc2-c2ccccc2)cc1. The van der Waals surface area contributed by atoms with E-state index in [0.29, 0.717) is 0 Å². The minimum absolute atomic E-state index is 0.895. The quantitative estimate of drug-likeness (QED) is 0.184. The van der Waals surface area contributed by atoms with Gasteiger partial charge in [0.05, 0.1) is 27.8 Å². The Hall–Kier alpha value is -7.82. The molecule has 0 saturated carbocycles. The van der Waals surface area contributed by atoms with Crippen molar-refractivity contribution in [1.82, 2.24) is 9.13 Å². The molecule has 3 aromatic heterocycles. The molecule has 0 aliphatic carbocycles. The molecule has 9 aromatic carbocycles. The van der Waals surface area contributed by atoms with Crippen LogP contribution in [0.2, 0.25) is 0 Å².